The van der Waals surface area contributed by atoms with E-state index in [2.05, 4.69) is 20.1 Å². The van der Waals surface area contributed by atoms with E-state index < -0.39 is 11.2 Å². The van der Waals surface area contributed by atoms with Gasteiger partial charge in [-0.15, -0.1) is 11.8 Å². The molecule has 0 aliphatic rings. The van der Waals surface area contributed by atoms with E-state index in [1.165, 1.54) is 23.4 Å². The number of aromatic nitrogens is 7. The third-order valence-corrected chi connectivity index (χ3v) is 6.18. The fraction of sp³-hybridized carbons (Fsp3) is 0.409. The Hall–Kier alpha value is -3.34. The number of fused-ring (bicyclic) bond motifs is 1. The number of hydrogen-bond donors (Lipinski definition) is 0. The van der Waals surface area contributed by atoms with Crippen LogP contribution in [0, 0.1) is 0 Å². The van der Waals surface area contributed by atoms with Crippen LogP contribution in [-0.2, 0) is 25.9 Å². The van der Waals surface area contributed by atoms with Gasteiger partial charge in [0.2, 0.25) is 11.7 Å². The van der Waals surface area contributed by atoms with Gasteiger partial charge in [0, 0.05) is 49.6 Å². The lowest BCUT2D eigenvalue weighted by molar-refractivity contribution is 0.378. The molecule has 4 rings (SSSR count). The predicted molar refractivity (Wildman–Crippen MR) is 125 cm³/mol. The van der Waals surface area contributed by atoms with E-state index in [4.69, 9.17) is 9.51 Å². The minimum atomic E-state index is -0.414. The second-order valence-corrected chi connectivity index (χ2v) is 9.79. The van der Waals surface area contributed by atoms with Crippen molar-refractivity contribution in [3.05, 3.63) is 57.1 Å². The van der Waals surface area contributed by atoms with E-state index in [-0.39, 0.29) is 5.41 Å². The molecule has 0 radical (unpaired) electrons. The number of nitrogens with zero attached hydrogens (tertiary/aromatic N) is 7. The lowest BCUT2D eigenvalue weighted by atomic mass is 9.96. The van der Waals surface area contributed by atoms with Crippen LogP contribution in [-0.4, -0.2) is 40.0 Å². The number of pyridine rings is 1. The SMILES string of the molecule is Cn1c(=O)c2c(SCCCc3nc(-c4ccncc4)no3)nc(C(C)(C)C)nc2n(C)c1=O. The molecule has 0 N–H and O–H groups in total. The molecule has 172 valence electrons. The van der Waals surface area contributed by atoms with Crippen molar-refractivity contribution in [2.45, 2.75) is 44.1 Å². The molecule has 11 heteroatoms. The third kappa shape index (κ3) is 4.58. The zero-order valence-electron chi connectivity index (χ0n) is 19.2. The summed E-state index contributed by atoms with van der Waals surface area (Å²) < 4.78 is 7.85. The molecule has 0 aromatic carbocycles. The molecule has 0 saturated carbocycles. The molecule has 0 aliphatic heterocycles. The Morgan fingerprint density at radius 3 is 2.45 bits per heavy atom. The first-order valence-corrected chi connectivity index (χ1v) is 11.5. The first-order chi connectivity index (χ1) is 15.7. The van der Waals surface area contributed by atoms with Crippen LogP contribution in [0.25, 0.3) is 22.4 Å². The van der Waals surface area contributed by atoms with Gasteiger partial charge in [-0.05, 0) is 18.6 Å². The van der Waals surface area contributed by atoms with E-state index in [1.54, 1.807) is 19.4 Å². The second kappa shape index (κ2) is 8.89. The van der Waals surface area contributed by atoms with Gasteiger partial charge in [-0.2, -0.15) is 4.98 Å². The van der Waals surface area contributed by atoms with Crippen molar-refractivity contribution in [1.29, 1.82) is 0 Å². The Balaban J connectivity index is 1.57. The topological polar surface area (TPSA) is 122 Å². The van der Waals surface area contributed by atoms with Crippen LogP contribution in [0.4, 0.5) is 0 Å². The summed E-state index contributed by atoms with van der Waals surface area (Å²) in [5, 5.41) is 4.95. The highest BCUT2D eigenvalue weighted by molar-refractivity contribution is 7.99. The minimum Gasteiger partial charge on any atom is -0.339 e. The third-order valence-electron chi connectivity index (χ3n) is 5.12. The first kappa shape index (κ1) is 22.8. The van der Waals surface area contributed by atoms with Gasteiger partial charge in [0.25, 0.3) is 5.56 Å². The van der Waals surface area contributed by atoms with Crippen LogP contribution in [0.1, 0.15) is 38.9 Å². The van der Waals surface area contributed by atoms with Gasteiger partial charge in [0.15, 0.2) is 5.65 Å². The molecule has 0 bridgehead atoms. The molecule has 0 saturated heterocycles. The normalized spacial score (nSPS) is 11.9. The largest absolute Gasteiger partial charge is 0.339 e. The minimum absolute atomic E-state index is 0.340. The molecule has 4 heterocycles. The molecule has 0 atom stereocenters. The molecule has 0 aliphatic carbocycles. The average Bonchev–Trinajstić information content (AvgIpc) is 3.27. The highest BCUT2D eigenvalue weighted by Crippen LogP contribution is 2.27. The molecule has 4 aromatic heterocycles. The van der Waals surface area contributed by atoms with E-state index in [1.807, 2.05) is 32.9 Å². The van der Waals surface area contributed by atoms with Crippen molar-refractivity contribution in [3.63, 3.8) is 0 Å². The summed E-state index contributed by atoms with van der Waals surface area (Å²) in [5.41, 5.74) is 0.0501. The Labute approximate surface area is 194 Å². The van der Waals surface area contributed by atoms with Crippen molar-refractivity contribution in [2.24, 2.45) is 14.1 Å². The monoisotopic (exact) mass is 467 g/mol. The van der Waals surface area contributed by atoms with Crippen LogP contribution >= 0.6 is 11.8 Å². The molecular weight excluding hydrogens is 442 g/mol. The summed E-state index contributed by atoms with van der Waals surface area (Å²) in [5.74, 6) is 2.33. The maximum atomic E-state index is 12.9. The van der Waals surface area contributed by atoms with Crippen LogP contribution in [0.15, 0.2) is 43.7 Å². The number of thioether (sulfide) groups is 1. The summed E-state index contributed by atoms with van der Waals surface area (Å²) >= 11 is 1.46. The lowest BCUT2D eigenvalue weighted by Gasteiger charge is -2.19. The van der Waals surface area contributed by atoms with E-state index in [0.29, 0.717) is 45.8 Å². The zero-order chi connectivity index (χ0) is 23.8. The molecular formula is C22H25N7O3S. The number of hydrogen-bond acceptors (Lipinski definition) is 9. The van der Waals surface area contributed by atoms with Crippen LogP contribution in [0.3, 0.4) is 0 Å². The van der Waals surface area contributed by atoms with Crippen molar-refractivity contribution < 1.29 is 4.52 Å². The van der Waals surface area contributed by atoms with Crippen molar-refractivity contribution in [3.8, 4) is 11.4 Å². The van der Waals surface area contributed by atoms with E-state index >= 15 is 0 Å². The molecule has 0 unspecified atom stereocenters. The van der Waals surface area contributed by atoms with Gasteiger partial charge in [-0.3, -0.25) is 18.9 Å². The second-order valence-electron chi connectivity index (χ2n) is 8.71. The quantitative estimate of drug-likeness (QED) is 0.239. The maximum absolute atomic E-state index is 12.9. The van der Waals surface area contributed by atoms with Gasteiger partial charge in [-0.1, -0.05) is 25.9 Å². The Morgan fingerprint density at radius 2 is 1.76 bits per heavy atom. The average molecular weight is 468 g/mol. The van der Waals surface area contributed by atoms with Crippen LogP contribution in [0.2, 0.25) is 0 Å². The maximum Gasteiger partial charge on any atom is 0.332 e. The molecule has 0 spiro atoms. The lowest BCUT2D eigenvalue weighted by Crippen LogP contribution is -2.38. The van der Waals surface area contributed by atoms with Crippen molar-refractivity contribution in [1.82, 2.24) is 34.2 Å². The van der Waals surface area contributed by atoms with Crippen LogP contribution in [0.5, 0.6) is 0 Å². The van der Waals surface area contributed by atoms with Gasteiger partial charge < -0.3 is 4.52 Å². The van der Waals surface area contributed by atoms with Gasteiger partial charge >= 0.3 is 5.69 Å². The van der Waals surface area contributed by atoms with E-state index in [9.17, 15) is 9.59 Å². The molecule has 10 nitrogen and oxygen atoms in total. The van der Waals surface area contributed by atoms with Crippen molar-refractivity contribution >= 4 is 22.8 Å². The molecule has 33 heavy (non-hydrogen) atoms. The Bertz CT molecular complexity index is 1420. The highest BCUT2D eigenvalue weighted by atomic mass is 32.2. The van der Waals surface area contributed by atoms with E-state index in [0.717, 1.165) is 16.6 Å². The highest BCUT2D eigenvalue weighted by Gasteiger charge is 2.23. The zero-order valence-corrected chi connectivity index (χ0v) is 20.0. The Morgan fingerprint density at radius 1 is 1.03 bits per heavy atom. The smallest absolute Gasteiger partial charge is 0.332 e. The fourth-order valence-electron chi connectivity index (χ4n) is 3.24. The van der Waals surface area contributed by atoms with Gasteiger partial charge in [0.1, 0.15) is 16.2 Å². The predicted octanol–water partition coefficient (Wildman–Crippen LogP) is 2.49. The van der Waals surface area contributed by atoms with Crippen molar-refractivity contribution in [2.75, 3.05) is 5.75 Å². The standard InChI is InChI=1S/C22H25N7O3S/c1-22(2,3)20-25-17-15(19(30)29(5)21(31)28(17)4)18(26-20)33-12-6-7-14-24-16(27-32-14)13-8-10-23-11-9-13/h8-11H,6-7,12H2,1-5H3. The summed E-state index contributed by atoms with van der Waals surface area (Å²) in [6.45, 7) is 5.99. The molecule has 4 aromatic rings. The molecule has 0 amide bonds. The molecule has 0 fully saturated rings. The summed E-state index contributed by atoms with van der Waals surface area (Å²) in [7, 11) is 3.08. The number of aryl methyl sites for hydroxylation is 2. The summed E-state index contributed by atoms with van der Waals surface area (Å²) in [4.78, 5) is 43.0. The first-order valence-electron chi connectivity index (χ1n) is 10.5. The summed E-state index contributed by atoms with van der Waals surface area (Å²) in [6, 6.07) is 3.65. The Kier molecular flexibility index (Phi) is 6.15. The number of rotatable bonds is 6. The fourth-order valence-corrected chi connectivity index (χ4v) is 4.19. The van der Waals surface area contributed by atoms with Gasteiger partial charge in [0.05, 0.1) is 0 Å². The van der Waals surface area contributed by atoms with Crippen LogP contribution < -0.4 is 11.2 Å². The van der Waals surface area contributed by atoms with Gasteiger partial charge in [-0.25, -0.2) is 14.8 Å². The summed E-state index contributed by atoms with van der Waals surface area (Å²) in [6.07, 6.45) is 4.70.